The molecule has 2 heterocycles. The van der Waals surface area contributed by atoms with E-state index < -0.39 is 8.32 Å². The van der Waals surface area contributed by atoms with E-state index in [-0.39, 0.29) is 11.1 Å². The van der Waals surface area contributed by atoms with Crippen LogP contribution in [0.2, 0.25) is 18.1 Å². The highest BCUT2D eigenvalue weighted by atomic mass is 79.9. The Morgan fingerprint density at radius 1 is 1.08 bits per heavy atom. The largest absolute Gasteiger partial charge is 0.487 e. The molecule has 1 aliphatic carbocycles. The van der Waals surface area contributed by atoms with E-state index in [1.807, 2.05) is 36.7 Å². The van der Waals surface area contributed by atoms with Gasteiger partial charge in [0.25, 0.3) is 0 Å². The summed E-state index contributed by atoms with van der Waals surface area (Å²) in [5, 5.41) is 4.43. The molecule has 0 atom stereocenters. The van der Waals surface area contributed by atoms with E-state index in [1.54, 1.807) is 11.8 Å². The average Bonchev–Trinajstić information content (AvgIpc) is 2.82. The summed E-state index contributed by atoms with van der Waals surface area (Å²) in [5.74, 6) is 2.95. The van der Waals surface area contributed by atoms with E-state index in [0.29, 0.717) is 12.1 Å². The molecule has 36 heavy (non-hydrogen) atoms. The second-order valence-electron chi connectivity index (χ2n) is 11.0. The summed E-state index contributed by atoms with van der Waals surface area (Å²) in [6.45, 7) is 11.6. The maximum atomic E-state index is 6.67. The van der Waals surface area contributed by atoms with Crippen LogP contribution in [0.5, 0.6) is 5.75 Å². The molecule has 6 nitrogen and oxygen atoms in total. The molecule has 1 N–H and O–H groups in total. The van der Waals surface area contributed by atoms with Gasteiger partial charge in [-0.25, -0.2) is 15.0 Å². The summed E-state index contributed by atoms with van der Waals surface area (Å²) >= 11 is 5.48. The molecule has 0 amide bonds. The third-order valence-electron chi connectivity index (χ3n) is 7.21. The Labute approximate surface area is 228 Å². The van der Waals surface area contributed by atoms with Crippen LogP contribution in [0.3, 0.4) is 0 Å². The maximum Gasteiger partial charge on any atom is 0.229 e. The van der Waals surface area contributed by atoms with E-state index in [1.165, 1.54) is 5.56 Å². The zero-order valence-corrected chi connectivity index (χ0v) is 25.5. The number of aromatic nitrogens is 3. The van der Waals surface area contributed by atoms with Crippen molar-refractivity contribution < 1.29 is 9.16 Å². The van der Waals surface area contributed by atoms with Gasteiger partial charge in [-0.2, -0.15) is 11.8 Å². The van der Waals surface area contributed by atoms with Crippen molar-refractivity contribution in [2.45, 2.75) is 82.5 Å². The summed E-state index contributed by atoms with van der Waals surface area (Å²) in [6, 6.07) is 8.08. The fourth-order valence-electron chi connectivity index (χ4n) is 4.16. The number of hydrogen-bond donors (Lipinski definition) is 1. The fraction of sp³-hybridized carbons (Fsp3) is 0.519. The number of nitrogens with one attached hydrogen (secondary N) is 1. The van der Waals surface area contributed by atoms with Crippen LogP contribution in [0, 0.1) is 0 Å². The van der Waals surface area contributed by atoms with E-state index in [4.69, 9.17) is 14.1 Å². The highest BCUT2D eigenvalue weighted by molar-refractivity contribution is 9.10. The first-order valence-corrected chi connectivity index (χ1v) is 17.7. The van der Waals surface area contributed by atoms with Gasteiger partial charge in [-0.15, -0.1) is 0 Å². The average molecular weight is 590 g/mol. The van der Waals surface area contributed by atoms with E-state index in [0.717, 1.165) is 58.4 Å². The number of nitrogens with zero attached hydrogens (tertiary/aromatic N) is 3. The molecule has 0 unspecified atom stereocenters. The minimum absolute atomic E-state index is 0.141. The predicted octanol–water partition coefficient (Wildman–Crippen LogP) is 8.11. The lowest BCUT2D eigenvalue weighted by Crippen LogP contribution is -2.45. The van der Waals surface area contributed by atoms with Crippen LogP contribution < -0.4 is 10.1 Å². The van der Waals surface area contributed by atoms with Crippen molar-refractivity contribution in [1.82, 2.24) is 15.0 Å². The Morgan fingerprint density at radius 3 is 2.50 bits per heavy atom. The van der Waals surface area contributed by atoms with Gasteiger partial charge in [-0.05, 0) is 95.8 Å². The van der Waals surface area contributed by atoms with Crippen LogP contribution >= 0.6 is 27.7 Å². The summed E-state index contributed by atoms with van der Waals surface area (Å²) in [5.41, 5.74) is 2.00. The molecule has 9 heteroatoms. The van der Waals surface area contributed by atoms with Crippen molar-refractivity contribution in [3.8, 4) is 5.75 Å². The smallest absolute Gasteiger partial charge is 0.229 e. The second-order valence-corrected chi connectivity index (χ2v) is 17.5. The molecule has 3 aromatic rings. The van der Waals surface area contributed by atoms with E-state index in [2.05, 4.69) is 71.3 Å². The Balaban J connectivity index is 1.48. The summed E-state index contributed by atoms with van der Waals surface area (Å²) in [7, 11) is -1.76. The summed E-state index contributed by atoms with van der Waals surface area (Å²) in [4.78, 5) is 13.8. The summed E-state index contributed by atoms with van der Waals surface area (Å²) in [6.07, 6.45) is 10.2. The molecular formula is C27H37BrN4O2SSi. The zero-order chi connectivity index (χ0) is 25.9. The molecule has 0 aliphatic heterocycles. The predicted molar refractivity (Wildman–Crippen MR) is 157 cm³/mol. The molecule has 1 fully saturated rings. The quantitative estimate of drug-likeness (QED) is 0.266. The molecule has 0 radical (unpaired) electrons. The normalized spacial score (nSPS) is 18.9. The molecule has 194 valence electrons. The van der Waals surface area contributed by atoms with Crippen LogP contribution in [0.4, 0.5) is 11.8 Å². The number of anilines is 2. The van der Waals surface area contributed by atoms with Gasteiger partial charge in [0, 0.05) is 29.6 Å². The van der Waals surface area contributed by atoms with Crippen LogP contribution in [0.25, 0.3) is 10.9 Å². The number of pyridine rings is 1. The topological polar surface area (TPSA) is 69.2 Å². The second kappa shape index (κ2) is 11.4. The van der Waals surface area contributed by atoms with Crippen molar-refractivity contribution in [3.63, 3.8) is 0 Å². The first kappa shape index (κ1) is 27.4. The molecule has 0 saturated heterocycles. The lowest BCUT2D eigenvalue weighted by atomic mass is 9.95. The maximum absolute atomic E-state index is 6.67. The zero-order valence-electron chi connectivity index (χ0n) is 22.1. The van der Waals surface area contributed by atoms with Crippen LogP contribution in [0.1, 0.15) is 52.0 Å². The van der Waals surface area contributed by atoms with Gasteiger partial charge in [0.05, 0.1) is 10.6 Å². The Bertz CT molecular complexity index is 1200. The van der Waals surface area contributed by atoms with Crippen molar-refractivity contribution in [3.05, 3.63) is 46.7 Å². The number of ether oxygens (including phenoxy) is 1. The van der Waals surface area contributed by atoms with Gasteiger partial charge in [-0.1, -0.05) is 20.8 Å². The lowest BCUT2D eigenvalue weighted by molar-refractivity contribution is 0.0729. The van der Waals surface area contributed by atoms with Crippen LogP contribution in [-0.2, 0) is 10.2 Å². The molecule has 2 aromatic heterocycles. The third kappa shape index (κ3) is 6.60. The van der Waals surface area contributed by atoms with Gasteiger partial charge in [0.1, 0.15) is 11.3 Å². The molecule has 0 spiro atoms. The van der Waals surface area contributed by atoms with Crippen molar-refractivity contribution in [2.24, 2.45) is 0 Å². The van der Waals surface area contributed by atoms with Gasteiger partial charge in [0.2, 0.25) is 5.95 Å². The Kier molecular flexibility index (Phi) is 8.64. The minimum Gasteiger partial charge on any atom is -0.487 e. The number of hydrogen-bond acceptors (Lipinski definition) is 7. The van der Waals surface area contributed by atoms with Gasteiger partial charge in [-0.3, -0.25) is 0 Å². The standard InChI is InChI=1S/C27H37BrN4O2SSi/c1-27(2,3)36(5,6)34-21-10-8-20(9-11-21)33-25-22(28)12-7-19-16-30-26(32-24(19)25)31-23-15-18(17-35-4)13-14-29-23/h7,12-16,20-21H,8-11,17H2,1-6H3,(H,29,30,31,32)/t20-,21+. The summed E-state index contributed by atoms with van der Waals surface area (Å²) < 4.78 is 14.1. The molecular weight excluding hydrogens is 552 g/mol. The number of halogens is 1. The molecule has 0 bridgehead atoms. The van der Waals surface area contributed by atoms with Gasteiger partial charge in [0.15, 0.2) is 14.1 Å². The van der Waals surface area contributed by atoms with Gasteiger partial charge >= 0.3 is 0 Å². The highest BCUT2D eigenvalue weighted by Crippen LogP contribution is 2.40. The van der Waals surface area contributed by atoms with E-state index >= 15 is 0 Å². The first-order chi connectivity index (χ1) is 17.1. The first-order valence-electron chi connectivity index (χ1n) is 12.6. The SMILES string of the molecule is CSCc1ccnc(Nc2ncc3ccc(Br)c(O[C@H]4CC[C@@H](O[Si](C)(C)C(C)(C)C)CC4)c3n2)c1. The minimum atomic E-state index is -1.76. The molecule has 1 saturated carbocycles. The molecule has 1 aromatic carbocycles. The fourth-order valence-corrected chi connectivity index (χ4v) is 6.51. The monoisotopic (exact) mass is 588 g/mol. The van der Waals surface area contributed by atoms with Crippen LogP contribution in [-0.4, -0.2) is 41.7 Å². The van der Waals surface area contributed by atoms with Crippen molar-refractivity contribution >= 4 is 58.7 Å². The number of rotatable bonds is 8. The number of thioether (sulfide) groups is 1. The Hall–Kier alpha value is -1.68. The highest BCUT2D eigenvalue weighted by Gasteiger charge is 2.40. The van der Waals surface area contributed by atoms with Crippen LogP contribution in [0.15, 0.2) is 41.1 Å². The number of fused-ring (bicyclic) bond motifs is 1. The van der Waals surface area contributed by atoms with Crippen molar-refractivity contribution in [1.29, 1.82) is 0 Å². The van der Waals surface area contributed by atoms with E-state index in [9.17, 15) is 0 Å². The van der Waals surface area contributed by atoms with Gasteiger partial charge < -0.3 is 14.5 Å². The molecule has 4 rings (SSSR count). The van der Waals surface area contributed by atoms with Crippen molar-refractivity contribution in [2.75, 3.05) is 11.6 Å². The molecule has 1 aliphatic rings. The lowest BCUT2D eigenvalue weighted by Gasteiger charge is -2.41. The third-order valence-corrected chi connectivity index (χ3v) is 13.0. The Morgan fingerprint density at radius 2 is 1.81 bits per heavy atom. The number of benzene rings is 1.